The Kier molecular flexibility index (Phi) is 3.57. The lowest BCUT2D eigenvalue weighted by Gasteiger charge is -2.06. The molecule has 0 saturated heterocycles. The second-order valence-electron chi connectivity index (χ2n) is 3.77. The summed E-state index contributed by atoms with van der Waals surface area (Å²) in [5.41, 5.74) is 6.33. The molecule has 2 aromatic rings. The van der Waals surface area contributed by atoms with Gasteiger partial charge in [-0.1, -0.05) is 0 Å². The normalized spacial score (nSPS) is 10.3. The van der Waals surface area contributed by atoms with Crippen LogP contribution in [0.4, 0.5) is 10.2 Å². The number of nitrogen functional groups attached to an aromatic ring is 1. The largest absolute Gasteiger partial charge is 0.381 e. The average Bonchev–Trinajstić information content (AvgIpc) is 2.75. The van der Waals surface area contributed by atoms with Crippen LogP contribution in [0.2, 0.25) is 0 Å². The van der Waals surface area contributed by atoms with E-state index in [9.17, 15) is 9.18 Å². The van der Waals surface area contributed by atoms with Gasteiger partial charge in [-0.15, -0.1) is 11.3 Å². The molecule has 3 N–H and O–H groups in total. The number of nitrogens with zero attached hydrogens (tertiary/aromatic N) is 1. The molecule has 0 saturated carbocycles. The lowest BCUT2D eigenvalue weighted by molar-refractivity contribution is 0.0947. The van der Waals surface area contributed by atoms with Gasteiger partial charge in [0, 0.05) is 11.1 Å². The first kappa shape index (κ1) is 12.5. The van der Waals surface area contributed by atoms with Gasteiger partial charge in [-0.25, -0.2) is 9.37 Å². The topological polar surface area (TPSA) is 68.0 Å². The third-order valence-electron chi connectivity index (χ3n) is 2.54. The van der Waals surface area contributed by atoms with Crippen LogP contribution in [0.1, 0.15) is 20.8 Å². The zero-order valence-corrected chi connectivity index (χ0v) is 10.6. The molecule has 0 spiro atoms. The lowest BCUT2D eigenvalue weighted by atomic mass is 10.2. The summed E-state index contributed by atoms with van der Waals surface area (Å²) in [7, 11) is 0. The smallest absolute Gasteiger partial charge is 0.254 e. The fraction of sp³-hybridized carbons (Fsp3) is 0.167. The molecule has 0 fully saturated rings. The number of halogens is 1. The molecule has 0 unspecified atom stereocenters. The van der Waals surface area contributed by atoms with E-state index in [1.165, 1.54) is 12.3 Å². The number of pyridine rings is 1. The van der Waals surface area contributed by atoms with Gasteiger partial charge < -0.3 is 11.1 Å². The number of thiophene rings is 1. The van der Waals surface area contributed by atoms with Crippen molar-refractivity contribution in [2.24, 2.45) is 0 Å². The summed E-state index contributed by atoms with van der Waals surface area (Å²) in [6.07, 6.45) is 1.31. The van der Waals surface area contributed by atoms with Crippen molar-refractivity contribution in [3.05, 3.63) is 45.5 Å². The molecule has 2 rings (SSSR count). The predicted octanol–water partition coefficient (Wildman–Crippen LogP) is 2.10. The maximum atomic E-state index is 13.6. The first-order valence-electron chi connectivity index (χ1n) is 5.30. The predicted molar refractivity (Wildman–Crippen MR) is 68.8 cm³/mol. The Balaban J connectivity index is 2.09. The van der Waals surface area contributed by atoms with Gasteiger partial charge in [0.15, 0.2) is 11.6 Å². The summed E-state index contributed by atoms with van der Waals surface area (Å²) in [4.78, 5) is 16.4. The fourth-order valence-corrected chi connectivity index (χ4v) is 2.32. The van der Waals surface area contributed by atoms with Crippen molar-refractivity contribution < 1.29 is 9.18 Å². The Morgan fingerprint density at radius 3 is 3.00 bits per heavy atom. The minimum atomic E-state index is -0.780. The van der Waals surface area contributed by atoms with Crippen molar-refractivity contribution in [2.75, 3.05) is 5.73 Å². The number of carbonyl (C=O) groups is 1. The van der Waals surface area contributed by atoms with Crippen LogP contribution in [-0.4, -0.2) is 10.9 Å². The number of amides is 1. The van der Waals surface area contributed by atoms with Gasteiger partial charge in [-0.05, 0) is 30.0 Å². The van der Waals surface area contributed by atoms with Gasteiger partial charge in [0.1, 0.15) is 0 Å². The van der Waals surface area contributed by atoms with Gasteiger partial charge >= 0.3 is 0 Å². The average molecular weight is 265 g/mol. The molecule has 2 heterocycles. The van der Waals surface area contributed by atoms with Crippen LogP contribution in [0, 0.1) is 12.7 Å². The van der Waals surface area contributed by atoms with Gasteiger partial charge in [0.05, 0.1) is 12.1 Å². The number of hydrogen-bond acceptors (Lipinski definition) is 4. The first-order valence-corrected chi connectivity index (χ1v) is 6.18. The van der Waals surface area contributed by atoms with Gasteiger partial charge in [-0.3, -0.25) is 4.79 Å². The highest BCUT2D eigenvalue weighted by molar-refractivity contribution is 7.10. The lowest BCUT2D eigenvalue weighted by Crippen LogP contribution is -2.24. The van der Waals surface area contributed by atoms with Crippen LogP contribution < -0.4 is 11.1 Å². The number of nitrogens with two attached hydrogens (primary N) is 1. The maximum Gasteiger partial charge on any atom is 0.254 e. The number of nitrogens with one attached hydrogen (secondary N) is 1. The number of hydrogen-bond donors (Lipinski definition) is 2. The molecule has 0 aliphatic carbocycles. The molecule has 1 amide bonds. The Labute approximate surface area is 108 Å². The van der Waals surface area contributed by atoms with E-state index in [1.54, 1.807) is 11.3 Å². The Morgan fingerprint density at radius 2 is 2.33 bits per heavy atom. The number of aryl methyl sites for hydroxylation is 1. The minimum Gasteiger partial charge on any atom is -0.381 e. The highest BCUT2D eigenvalue weighted by Gasteiger charge is 2.14. The molecular formula is C12H12FN3OS. The number of carbonyl (C=O) groups excluding carboxylic acids is 1. The molecule has 0 bridgehead atoms. The number of anilines is 1. The van der Waals surface area contributed by atoms with Gasteiger partial charge in [0.25, 0.3) is 5.91 Å². The zero-order chi connectivity index (χ0) is 13.1. The Bertz CT molecular complexity index is 582. The molecule has 4 nitrogen and oxygen atoms in total. The van der Waals surface area contributed by atoms with Crippen LogP contribution in [0.15, 0.2) is 23.7 Å². The van der Waals surface area contributed by atoms with E-state index in [2.05, 4.69) is 10.3 Å². The number of rotatable bonds is 3. The van der Waals surface area contributed by atoms with Gasteiger partial charge in [0.2, 0.25) is 0 Å². The summed E-state index contributed by atoms with van der Waals surface area (Å²) in [6.45, 7) is 2.34. The Morgan fingerprint density at radius 1 is 1.56 bits per heavy atom. The summed E-state index contributed by atoms with van der Waals surface area (Å²) in [6, 6.07) is 3.28. The Hall–Kier alpha value is -1.95. The molecule has 0 radical (unpaired) electrons. The molecule has 0 aliphatic heterocycles. The van der Waals surface area contributed by atoms with Crippen molar-refractivity contribution in [1.29, 1.82) is 0 Å². The number of aromatic nitrogens is 1. The van der Waals surface area contributed by atoms with Crippen LogP contribution in [0.3, 0.4) is 0 Å². The van der Waals surface area contributed by atoms with Crippen LogP contribution >= 0.6 is 11.3 Å². The molecule has 0 aliphatic rings. The second-order valence-corrected chi connectivity index (χ2v) is 4.77. The van der Waals surface area contributed by atoms with Gasteiger partial charge in [-0.2, -0.15) is 0 Å². The zero-order valence-electron chi connectivity index (χ0n) is 9.74. The van der Waals surface area contributed by atoms with E-state index in [0.29, 0.717) is 6.54 Å². The minimum absolute atomic E-state index is 0.0864. The standard InChI is InChI=1S/C12H12FN3OS/c1-7-3-5-18-9(7)6-16-12(17)8-2-4-15-11(14)10(8)13/h2-5H,6H2,1H3,(H2,14,15)(H,16,17). The summed E-state index contributed by atoms with van der Waals surface area (Å²) in [5.74, 6) is -1.54. The molecule has 0 atom stereocenters. The van der Waals surface area contributed by atoms with Crippen molar-refractivity contribution >= 4 is 23.1 Å². The van der Waals surface area contributed by atoms with E-state index in [4.69, 9.17) is 5.73 Å². The third-order valence-corrected chi connectivity index (χ3v) is 3.56. The van der Waals surface area contributed by atoms with Crippen LogP contribution in [-0.2, 0) is 6.54 Å². The third kappa shape index (κ3) is 2.48. The highest BCUT2D eigenvalue weighted by Crippen LogP contribution is 2.16. The molecule has 0 aromatic carbocycles. The van der Waals surface area contributed by atoms with Crippen LogP contribution in [0.5, 0.6) is 0 Å². The summed E-state index contributed by atoms with van der Waals surface area (Å²) < 4.78 is 13.6. The SMILES string of the molecule is Cc1ccsc1CNC(=O)c1ccnc(N)c1F. The monoisotopic (exact) mass is 265 g/mol. The maximum absolute atomic E-state index is 13.6. The van der Waals surface area contributed by atoms with Crippen molar-refractivity contribution in [2.45, 2.75) is 13.5 Å². The van der Waals surface area contributed by atoms with Crippen LogP contribution in [0.25, 0.3) is 0 Å². The van der Waals surface area contributed by atoms with E-state index >= 15 is 0 Å². The summed E-state index contributed by atoms with van der Waals surface area (Å²) in [5, 5.41) is 4.60. The second kappa shape index (κ2) is 5.14. The molecule has 6 heteroatoms. The molecule has 2 aromatic heterocycles. The fourth-order valence-electron chi connectivity index (χ4n) is 1.48. The van der Waals surface area contributed by atoms with Crippen molar-refractivity contribution in [3.8, 4) is 0 Å². The molecular weight excluding hydrogens is 253 g/mol. The van der Waals surface area contributed by atoms with E-state index in [1.807, 2.05) is 18.4 Å². The molecule has 18 heavy (non-hydrogen) atoms. The van der Waals surface area contributed by atoms with E-state index in [-0.39, 0.29) is 11.4 Å². The quantitative estimate of drug-likeness (QED) is 0.893. The van der Waals surface area contributed by atoms with Crippen molar-refractivity contribution in [3.63, 3.8) is 0 Å². The summed E-state index contributed by atoms with van der Waals surface area (Å²) >= 11 is 1.55. The highest BCUT2D eigenvalue weighted by atomic mass is 32.1. The van der Waals surface area contributed by atoms with E-state index in [0.717, 1.165) is 10.4 Å². The molecule has 94 valence electrons. The van der Waals surface area contributed by atoms with Crippen molar-refractivity contribution in [1.82, 2.24) is 10.3 Å². The van der Waals surface area contributed by atoms with E-state index < -0.39 is 11.7 Å². The first-order chi connectivity index (χ1) is 8.59.